The number of hydrogen-bond donors (Lipinski definition) is 0. The number of carboxylic acids is 2. The van der Waals surface area contributed by atoms with Crippen molar-refractivity contribution in [3.05, 3.63) is 0 Å². The Morgan fingerprint density at radius 3 is 1.13 bits per heavy atom. The maximum atomic E-state index is 9.82. The Bertz CT molecular complexity index is 162. The Kier molecular flexibility index (Phi) is 15.3. The van der Waals surface area contributed by atoms with E-state index in [0.29, 0.717) is 12.8 Å². The van der Waals surface area contributed by atoms with Crippen molar-refractivity contribution in [2.45, 2.75) is 40.5 Å². The van der Waals surface area contributed by atoms with Gasteiger partial charge in [-0.25, -0.2) is 0 Å². The van der Waals surface area contributed by atoms with E-state index in [1.807, 2.05) is 13.8 Å². The molecule has 0 aliphatic heterocycles. The summed E-state index contributed by atoms with van der Waals surface area (Å²) in [4.78, 5) is 19.6. The molecule has 0 rings (SSSR count). The number of carbonyl (C=O) groups excluding carboxylic acids is 2. The molecule has 1 radical (unpaired) electrons. The third-order valence-electron chi connectivity index (χ3n) is 2.03. The molecular weight excluding hydrogens is 243 g/mol. The Morgan fingerprint density at radius 2 is 1.13 bits per heavy atom. The number of rotatable bonds is 4. The van der Waals surface area contributed by atoms with Crippen molar-refractivity contribution >= 4 is 11.9 Å². The van der Waals surface area contributed by atoms with Gasteiger partial charge in [-0.15, -0.1) is 0 Å². The van der Waals surface area contributed by atoms with Gasteiger partial charge >= 0.3 is 16.8 Å². The van der Waals surface area contributed by atoms with E-state index in [4.69, 9.17) is 0 Å². The van der Waals surface area contributed by atoms with Crippen LogP contribution in [0.1, 0.15) is 40.5 Å². The summed E-state index contributed by atoms with van der Waals surface area (Å²) in [5, 5.41) is 19.6. The Labute approximate surface area is 101 Å². The van der Waals surface area contributed by atoms with Crippen LogP contribution in [0.3, 0.4) is 0 Å². The van der Waals surface area contributed by atoms with Gasteiger partial charge in [0.15, 0.2) is 0 Å². The number of carboxylic acid groups (broad SMARTS) is 2. The van der Waals surface area contributed by atoms with E-state index < -0.39 is 11.9 Å². The van der Waals surface area contributed by atoms with Gasteiger partial charge in [-0.3, -0.25) is 0 Å². The van der Waals surface area contributed by atoms with Crippen LogP contribution in [-0.4, -0.2) is 11.9 Å². The minimum Gasteiger partial charge on any atom is -0.550 e. The fraction of sp³-hybridized carbons (Fsp3) is 0.800. The predicted octanol–water partition coefficient (Wildman–Crippen LogP) is -0.438. The molecule has 0 N–H and O–H groups in total. The van der Waals surface area contributed by atoms with Gasteiger partial charge in [0.1, 0.15) is 0 Å². The van der Waals surface area contributed by atoms with Crippen LogP contribution in [0.5, 0.6) is 0 Å². The summed E-state index contributed by atoms with van der Waals surface area (Å²) in [7, 11) is 0. The van der Waals surface area contributed by atoms with E-state index in [1.54, 1.807) is 13.8 Å². The Hall–Kier alpha value is -0.554. The van der Waals surface area contributed by atoms with E-state index in [9.17, 15) is 19.8 Å². The van der Waals surface area contributed by atoms with Crippen LogP contribution < -0.4 is 10.2 Å². The van der Waals surface area contributed by atoms with E-state index in [0.717, 1.165) is 0 Å². The van der Waals surface area contributed by atoms with Crippen LogP contribution in [0.2, 0.25) is 0 Å². The topological polar surface area (TPSA) is 80.3 Å². The second-order valence-corrected chi connectivity index (χ2v) is 3.26. The molecule has 4 nitrogen and oxygen atoms in total. The summed E-state index contributed by atoms with van der Waals surface area (Å²) in [6, 6.07) is 0. The Morgan fingerprint density at radius 1 is 0.933 bits per heavy atom. The Balaban J connectivity index is -0.000000180. The average molecular weight is 261 g/mol. The molecule has 0 aliphatic carbocycles. The van der Waals surface area contributed by atoms with Crippen LogP contribution in [0.15, 0.2) is 0 Å². The smallest absolute Gasteiger partial charge is 0.550 e. The molecule has 2 atom stereocenters. The minimum atomic E-state index is -0.956. The quantitative estimate of drug-likeness (QED) is 0.687. The van der Waals surface area contributed by atoms with Crippen molar-refractivity contribution < 1.29 is 36.6 Å². The third kappa shape index (κ3) is 13.4. The van der Waals surface area contributed by atoms with Crippen molar-refractivity contribution in [1.82, 2.24) is 0 Å². The fourth-order valence-corrected chi connectivity index (χ4v) is 0.333. The van der Waals surface area contributed by atoms with Gasteiger partial charge in [0.25, 0.3) is 0 Å². The molecule has 15 heavy (non-hydrogen) atoms. The maximum Gasteiger partial charge on any atom is 2.00 e. The van der Waals surface area contributed by atoms with E-state index in [1.165, 1.54) is 0 Å². The molecule has 0 amide bonds. The van der Waals surface area contributed by atoms with Crippen molar-refractivity contribution in [1.29, 1.82) is 0 Å². The molecular formula is C10H18CoO4. The van der Waals surface area contributed by atoms with Crippen LogP contribution in [-0.2, 0) is 26.4 Å². The zero-order valence-corrected chi connectivity index (χ0v) is 10.6. The SMILES string of the molecule is CC[C@@H](C)C(=O)[O-].CC[C@H](C)C(=O)[O-].[Co+2]. The van der Waals surface area contributed by atoms with Crippen LogP contribution in [0, 0.1) is 11.8 Å². The molecule has 0 saturated heterocycles. The minimum absolute atomic E-state index is 0. The number of aliphatic carboxylic acids is 2. The monoisotopic (exact) mass is 261 g/mol. The normalized spacial score (nSPS) is 12.5. The molecule has 0 fully saturated rings. The zero-order valence-electron chi connectivity index (χ0n) is 9.54. The second kappa shape index (κ2) is 11.5. The van der Waals surface area contributed by atoms with Gasteiger partial charge < -0.3 is 19.8 Å². The first-order valence-corrected chi connectivity index (χ1v) is 4.78. The average Bonchev–Trinajstić information content (AvgIpc) is 2.15. The number of hydrogen-bond acceptors (Lipinski definition) is 4. The van der Waals surface area contributed by atoms with E-state index >= 15 is 0 Å². The van der Waals surface area contributed by atoms with Gasteiger partial charge in [-0.05, 0) is 24.7 Å². The second-order valence-electron chi connectivity index (χ2n) is 3.26. The van der Waals surface area contributed by atoms with Crippen LogP contribution in [0.4, 0.5) is 0 Å². The van der Waals surface area contributed by atoms with Gasteiger partial charge in [0, 0.05) is 11.9 Å². The van der Waals surface area contributed by atoms with Gasteiger partial charge in [-0.2, -0.15) is 0 Å². The summed E-state index contributed by atoms with van der Waals surface area (Å²) in [6.45, 7) is 6.91. The zero-order chi connectivity index (χ0) is 11.7. The molecule has 0 spiro atoms. The van der Waals surface area contributed by atoms with Crippen molar-refractivity contribution in [2.24, 2.45) is 11.8 Å². The summed E-state index contributed by atoms with van der Waals surface area (Å²) in [5.74, 6) is -2.50. The molecule has 0 bridgehead atoms. The molecule has 0 aromatic rings. The third-order valence-corrected chi connectivity index (χ3v) is 2.03. The van der Waals surface area contributed by atoms with E-state index in [-0.39, 0.29) is 28.6 Å². The summed E-state index contributed by atoms with van der Waals surface area (Å²) >= 11 is 0. The first-order valence-electron chi connectivity index (χ1n) is 4.78. The van der Waals surface area contributed by atoms with Gasteiger partial charge in [0.05, 0.1) is 0 Å². The van der Waals surface area contributed by atoms with Crippen LogP contribution in [0.25, 0.3) is 0 Å². The standard InChI is InChI=1S/2C5H10O2.Co/c2*1-3-4(2)5(6)7;/h2*4H,3H2,1-2H3,(H,6,7);/q;;+2/p-2/t2*4-;/m10./s1. The molecule has 0 saturated carbocycles. The summed E-state index contributed by atoms with van der Waals surface area (Å²) in [6.07, 6.45) is 1.31. The van der Waals surface area contributed by atoms with Crippen molar-refractivity contribution in [2.75, 3.05) is 0 Å². The van der Waals surface area contributed by atoms with Gasteiger partial charge in [0.2, 0.25) is 0 Å². The molecule has 0 heterocycles. The fourth-order valence-electron chi connectivity index (χ4n) is 0.333. The molecule has 5 heteroatoms. The molecule has 0 unspecified atom stereocenters. The van der Waals surface area contributed by atoms with E-state index in [2.05, 4.69) is 0 Å². The first kappa shape index (κ1) is 19.9. The van der Waals surface area contributed by atoms with Gasteiger partial charge in [-0.1, -0.05) is 27.7 Å². The van der Waals surface area contributed by atoms with Crippen molar-refractivity contribution in [3.63, 3.8) is 0 Å². The van der Waals surface area contributed by atoms with Crippen molar-refractivity contribution in [3.8, 4) is 0 Å². The summed E-state index contributed by atoms with van der Waals surface area (Å²) < 4.78 is 0. The molecule has 0 aromatic carbocycles. The summed E-state index contributed by atoms with van der Waals surface area (Å²) in [5.41, 5.74) is 0. The predicted molar refractivity (Wildman–Crippen MR) is 48.9 cm³/mol. The largest absolute Gasteiger partial charge is 2.00 e. The molecule has 0 aliphatic rings. The maximum absolute atomic E-state index is 9.82. The number of carbonyl (C=O) groups is 2. The van der Waals surface area contributed by atoms with Crippen LogP contribution >= 0.6 is 0 Å². The first-order chi connectivity index (χ1) is 6.36. The molecule has 0 aromatic heterocycles. The molecule has 91 valence electrons.